The molecule has 0 bridgehead atoms. The predicted octanol–water partition coefficient (Wildman–Crippen LogP) is 1.35. The summed E-state index contributed by atoms with van der Waals surface area (Å²) in [6.45, 7) is 2.77. The van der Waals surface area contributed by atoms with E-state index in [9.17, 15) is 9.59 Å². The van der Waals surface area contributed by atoms with Crippen LogP contribution in [0.5, 0.6) is 0 Å². The smallest absolute Gasteiger partial charge is 0.315 e. The molecule has 2 unspecified atom stereocenters. The zero-order chi connectivity index (χ0) is 16.7. The molecule has 6 nitrogen and oxygen atoms in total. The number of hydrogen-bond donors (Lipinski definition) is 4. The van der Waals surface area contributed by atoms with E-state index in [1.165, 1.54) is 0 Å². The van der Waals surface area contributed by atoms with Crippen LogP contribution in [0.1, 0.15) is 51.9 Å². The topological polar surface area (TPSA) is 96.2 Å². The van der Waals surface area contributed by atoms with Crippen molar-refractivity contribution < 1.29 is 9.59 Å². The third-order valence-corrected chi connectivity index (χ3v) is 6.00. The summed E-state index contributed by atoms with van der Waals surface area (Å²) >= 11 is 1.93. The fourth-order valence-electron chi connectivity index (χ4n) is 3.18. The molecule has 2 saturated heterocycles. The molecule has 132 valence electrons. The minimum absolute atomic E-state index is 0.0336. The van der Waals surface area contributed by atoms with Gasteiger partial charge in [0, 0.05) is 30.0 Å². The molecule has 0 aromatic rings. The molecule has 0 spiro atoms. The van der Waals surface area contributed by atoms with Gasteiger partial charge in [0.1, 0.15) is 0 Å². The first-order chi connectivity index (χ1) is 11.1. The molecule has 2 rings (SSSR count). The van der Waals surface area contributed by atoms with E-state index in [0.29, 0.717) is 11.7 Å². The molecule has 0 aliphatic carbocycles. The van der Waals surface area contributed by atoms with Gasteiger partial charge in [0.05, 0.1) is 12.1 Å². The average Bonchev–Trinajstić information content (AvgIpc) is 3.02. The van der Waals surface area contributed by atoms with E-state index >= 15 is 0 Å². The number of rotatable bonds is 10. The Balaban J connectivity index is 1.47. The van der Waals surface area contributed by atoms with E-state index in [1.54, 1.807) is 0 Å². The Morgan fingerprint density at radius 3 is 2.96 bits per heavy atom. The average molecular weight is 343 g/mol. The fourth-order valence-corrected chi connectivity index (χ4v) is 4.73. The Bertz CT molecular complexity index is 406. The lowest BCUT2D eigenvalue weighted by Gasteiger charge is -2.16. The normalized spacial score (nSPS) is 27.2. The van der Waals surface area contributed by atoms with Crippen molar-refractivity contribution in [3.8, 4) is 0 Å². The Hall–Kier alpha value is -0.950. The van der Waals surface area contributed by atoms with Gasteiger partial charge in [0.15, 0.2) is 0 Å². The highest BCUT2D eigenvalue weighted by molar-refractivity contribution is 8.00. The van der Waals surface area contributed by atoms with Crippen LogP contribution in [0, 0.1) is 0 Å². The van der Waals surface area contributed by atoms with Crippen molar-refractivity contribution in [3.63, 3.8) is 0 Å². The molecule has 7 heteroatoms. The van der Waals surface area contributed by atoms with Gasteiger partial charge in [-0.25, -0.2) is 4.79 Å². The molecular weight excluding hydrogens is 312 g/mol. The van der Waals surface area contributed by atoms with Crippen molar-refractivity contribution in [2.24, 2.45) is 5.73 Å². The molecule has 4 atom stereocenters. The van der Waals surface area contributed by atoms with Crippen LogP contribution in [0.2, 0.25) is 0 Å². The summed E-state index contributed by atoms with van der Waals surface area (Å²) in [5, 5.41) is 9.42. The van der Waals surface area contributed by atoms with Gasteiger partial charge >= 0.3 is 6.03 Å². The highest BCUT2D eigenvalue weighted by Gasteiger charge is 2.42. The molecule has 0 aromatic heterocycles. The number of nitrogens with two attached hydrogens (primary N) is 1. The molecule has 0 aromatic carbocycles. The van der Waals surface area contributed by atoms with Crippen LogP contribution < -0.4 is 21.7 Å². The molecule has 0 saturated carbocycles. The molecule has 2 heterocycles. The van der Waals surface area contributed by atoms with Crippen molar-refractivity contribution in [2.75, 3.05) is 12.3 Å². The van der Waals surface area contributed by atoms with Crippen molar-refractivity contribution in [1.29, 1.82) is 0 Å². The first-order valence-electron chi connectivity index (χ1n) is 8.77. The lowest BCUT2D eigenvalue weighted by atomic mass is 10.0. The van der Waals surface area contributed by atoms with Crippen molar-refractivity contribution in [1.82, 2.24) is 16.0 Å². The minimum Gasteiger partial charge on any atom is -0.356 e. The molecule has 23 heavy (non-hydrogen) atoms. The third-order valence-electron chi connectivity index (χ3n) is 4.49. The zero-order valence-electron chi connectivity index (χ0n) is 14.0. The molecule has 5 N–H and O–H groups in total. The fraction of sp³-hybridized carbons (Fsp3) is 0.875. The van der Waals surface area contributed by atoms with Gasteiger partial charge in [-0.05, 0) is 32.6 Å². The summed E-state index contributed by atoms with van der Waals surface area (Å²) < 4.78 is 0. The Labute approximate surface area is 143 Å². The molecule has 3 amide bonds. The van der Waals surface area contributed by atoms with Crippen LogP contribution in [0.15, 0.2) is 0 Å². The highest BCUT2D eigenvalue weighted by atomic mass is 32.2. The summed E-state index contributed by atoms with van der Waals surface area (Å²) in [4.78, 5) is 23.1. The predicted molar refractivity (Wildman–Crippen MR) is 94.5 cm³/mol. The van der Waals surface area contributed by atoms with E-state index in [2.05, 4.69) is 16.0 Å². The second kappa shape index (κ2) is 9.37. The van der Waals surface area contributed by atoms with E-state index in [-0.39, 0.29) is 30.1 Å². The van der Waals surface area contributed by atoms with E-state index < -0.39 is 0 Å². The van der Waals surface area contributed by atoms with Crippen LogP contribution in [0.25, 0.3) is 0 Å². The van der Waals surface area contributed by atoms with Crippen molar-refractivity contribution >= 4 is 23.7 Å². The molecule has 2 aliphatic rings. The second-order valence-electron chi connectivity index (χ2n) is 6.69. The number of fused-ring (bicyclic) bond motifs is 1. The van der Waals surface area contributed by atoms with Crippen LogP contribution in [-0.2, 0) is 4.79 Å². The number of amides is 3. The van der Waals surface area contributed by atoms with E-state index in [1.807, 2.05) is 18.7 Å². The van der Waals surface area contributed by atoms with Gasteiger partial charge in [-0.2, -0.15) is 11.8 Å². The van der Waals surface area contributed by atoms with Gasteiger partial charge in [-0.15, -0.1) is 0 Å². The Morgan fingerprint density at radius 2 is 2.17 bits per heavy atom. The van der Waals surface area contributed by atoms with Gasteiger partial charge in [0.25, 0.3) is 0 Å². The summed E-state index contributed by atoms with van der Waals surface area (Å²) in [5.74, 6) is 1.15. The SMILES string of the molecule is CC(N)CCCCNC(=O)CCCC[C@@H]1SCC2NC(=O)N[C@H]21. The van der Waals surface area contributed by atoms with Crippen molar-refractivity contribution in [2.45, 2.75) is 75.2 Å². The maximum Gasteiger partial charge on any atom is 0.315 e. The van der Waals surface area contributed by atoms with Crippen LogP contribution in [-0.4, -0.2) is 47.6 Å². The second-order valence-corrected chi connectivity index (χ2v) is 7.96. The van der Waals surface area contributed by atoms with Gasteiger partial charge in [-0.1, -0.05) is 12.8 Å². The number of nitrogens with one attached hydrogen (secondary N) is 3. The van der Waals surface area contributed by atoms with Crippen LogP contribution >= 0.6 is 11.8 Å². The van der Waals surface area contributed by atoms with E-state index in [4.69, 9.17) is 5.73 Å². The summed E-state index contributed by atoms with van der Waals surface area (Å²) in [6.07, 6.45) is 6.71. The first kappa shape index (κ1) is 18.4. The summed E-state index contributed by atoms with van der Waals surface area (Å²) in [6, 6.07) is 0.774. The quantitative estimate of drug-likeness (QED) is 0.356. The Kier molecular flexibility index (Phi) is 7.49. The lowest BCUT2D eigenvalue weighted by molar-refractivity contribution is -0.121. The standard InChI is InChI=1S/C16H30N4O2S/c1-11(17)6-4-5-9-18-14(21)8-3-2-7-13-15-12(10-23-13)19-16(22)20-15/h11-13,15H,2-10,17H2,1H3,(H,18,21)(H2,19,20,22)/t11?,12?,13-,15+/m0/s1. The Morgan fingerprint density at radius 1 is 1.35 bits per heavy atom. The van der Waals surface area contributed by atoms with Crippen LogP contribution in [0.4, 0.5) is 4.79 Å². The summed E-state index contributed by atoms with van der Waals surface area (Å²) in [7, 11) is 0. The number of carbonyl (C=O) groups excluding carboxylic acids is 2. The number of thioether (sulfide) groups is 1. The monoisotopic (exact) mass is 342 g/mol. The minimum atomic E-state index is -0.0336. The molecule has 2 aliphatic heterocycles. The maximum atomic E-state index is 11.8. The van der Waals surface area contributed by atoms with Crippen molar-refractivity contribution in [3.05, 3.63) is 0 Å². The zero-order valence-corrected chi connectivity index (χ0v) is 14.8. The maximum absolute atomic E-state index is 11.8. The largest absolute Gasteiger partial charge is 0.356 e. The number of unbranched alkanes of at least 4 members (excludes halogenated alkanes) is 2. The van der Waals surface area contributed by atoms with Gasteiger partial charge in [0.2, 0.25) is 5.91 Å². The third kappa shape index (κ3) is 6.22. The van der Waals surface area contributed by atoms with Crippen LogP contribution in [0.3, 0.4) is 0 Å². The first-order valence-corrected chi connectivity index (χ1v) is 9.82. The highest BCUT2D eigenvalue weighted by Crippen LogP contribution is 2.33. The van der Waals surface area contributed by atoms with Gasteiger partial charge in [-0.3, -0.25) is 4.79 Å². The number of urea groups is 1. The van der Waals surface area contributed by atoms with Gasteiger partial charge < -0.3 is 21.7 Å². The number of carbonyl (C=O) groups is 2. The lowest BCUT2D eigenvalue weighted by Crippen LogP contribution is -2.36. The summed E-state index contributed by atoms with van der Waals surface area (Å²) in [5.41, 5.74) is 5.69. The molecule has 2 fully saturated rings. The van der Waals surface area contributed by atoms with E-state index in [0.717, 1.165) is 50.8 Å². The molecule has 0 radical (unpaired) electrons. The number of hydrogen-bond acceptors (Lipinski definition) is 4. The molecular formula is C16H30N4O2S.